The van der Waals surface area contributed by atoms with E-state index in [0.717, 1.165) is 37.0 Å². The summed E-state index contributed by atoms with van der Waals surface area (Å²) >= 11 is 1.50. The third-order valence-corrected chi connectivity index (χ3v) is 2.98. The van der Waals surface area contributed by atoms with E-state index in [0.29, 0.717) is 6.61 Å². The molecule has 0 atom stereocenters. The second-order valence-electron chi connectivity index (χ2n) is 3.60. The molecule has 18 heavy (non-hydrogen) atoms. The molecule has 0 aliphatic heterocycles. The van der Waals surface area contributed by atoms with Crippen molar-refractivity contribution >= 4 is 22.4 Å². The summed E-state index contributed by atoms with van der Waals surface area (Å²) in [5, 5.41) is 5.92. The predicted molar refractivity (Wildman–Crippen MR) is 72.1 cm³/mol. The second-order valence-corrected chi connectivity index (χ2v) is 4.46. The van der Waals surface area contributed by atoms with Gasteiger partial charge in [0.15, 0.2) is 5.13 Å². The van der Waals surface area contributed by atoms with Gasteiger partial charge in [-0.2, -0.15) is 0 Å². The summed E-state index contributed by atoms with van der Waals surface area (Å²) in [5.74, 6) is -0.231. The first-order valence-corrected chi connectivity index (χ1v) is 7.05. The highest BCUT2D eigenvalue weighted by Gasteiger charge is 2.07. The van der Waals surface area contributed by atoms with E-state index in [4.69, 9.17) is 9.47 Å². The van der Waals surface area contributed by atoms with E-state index in [1.165, 1.54) is 11.3 Å². The zero-order chi connectivity index (χ0) is 13.2. The van der Waals surface area contributed by atoms with Gasteiger partial charge in [0.25, 0.3) is 0 Å². The van der Waals surface area contributed by atoms with Crippen molar-refractivity contribution in [3.8, 4) is 0 Å². The maximum Gasteiger partial charge on any atom is 0.311 e. The Balaban J connectivity index is 2.23. The lowest BCUT2D eigenvalue weighted by molar-refractivity contribution is -0.142. The van der Waals surface area contributed by atoms with Gasteiger partial charge in [0.2, 0.25) is 0 Å². The zero-order valence-corrected chi connectivity index (χ0v) is 11.7. The number of nitrogens with one attached hydrogen (secondary N) is 1. The van der Waals surface area contributed by atoms with Gasteiger partial charge in [-0.05, 0) is 20.3 Å². The number of nitrogens with zero attached hydrogens (tertiary/aromatic N) is 1. The van der Waals surface area contributed by atoms with Crippen LogP contribution in [0, 0.1) is 0 Å². The van der Waals surface area contributed by atoms with Gasteiger partial charge in [-0.3, -0.25) is 4.79 Å². The molecule has 0 aliphatic rings. The van der Waals surface area contributed by atoms with E-state index in [2.05, 4.69) is 10.3 Å². The number of aromatic nitrogens is 1. The third kappa shape index (κ3) is 5.97. The molecule has 1 aromatic rings. The maximum atomic E-state index is 11.3. The monoisotopic (exact) mass is 272 g/mol. The topological polar surface area (TPSA) is 60.5 Å². The van der Waals surface area contributed by atoms with Crippen molar-refractivity contribution in [2.75, 3.05) is 31.7 Å². The Morgan fingerprint density at radius 3 is 3.00 bits per heavy atom. The van der Waals surface area contributed by atoms with Crippen LogP contribution in [0.1, 0.15) is 26.0 Å². The summed E-state index contributed by atoms with van der Waals surface area (Å²) in [6.07, 6.45) is 1.19. The Kier molecular flexibility index (Phi) is 7.36. The van der Waals surface area contributed by atoms with Crippen LogP contribution in [-0.4, -0.2) is 37.3 Å². The van der Waals surface area contributed by atoms with Crippen LogP contribution < -0.4 is 5.32 Å². The van der Waals surface area contributed by atoms with Gasteiger partial charge in [-0.1, -0.05) is 0 Å². The number of carbonyl (C=O) groups excluding carboxylic acids is 1. The van der Waals surface area contributed by atoms with E-state index >= 15 is 0 Å². The Bertz CT molecular complexity index is 355. The Morgan fingerprint density at radius 1 is 1.44 bits per heavy atom. The zero-order valence-electron chi connectivity index (χ0n) is 10.9. The van der Waals surface area contributed by atoms with Gasteiger partial charge in [-0.25, -0.2) is 4.98 Å². The van der Waals surface area contributed by atoms with Crippen LogP contribution >= 0.6 is 11.3 Å². The summed E-state index contributed by atoms with van der Waals surface area (Å²) in [5.41, 5.74) is 0.755. The fourth-order valence-electron chi connectivity index (χ4n) is 1.34. The highest BCUT2D eigenvalue weighted by molar-refractivity contribution is 7.13. The average Bonchev–Trinajstić information content (AvgIpc) is 2.77. The fraction of sp³-hybridized carbons (Fsp3) is 0.667. The standard InChI is InChI=1S/C12H20N2O3S/c1-3-16-7-5-6-13-12-14-10(9-18-12)8-11(15)17-4-2/h9H,3-8H2,1-2H3,(H,13,14). The lowest BCUT2D eigenvalue weighted by Gasteiger charge is -2.02. The molecule has 0 fully saturated rings. The van der Waals surface area contributed by atoms with Crippen molar-refractivity contribution in [2.45, 2.75) is 26.7 Å². The number of esters is 1. The van der Waals surface area contributed by atoms with Crippen LogP contribution in [0.15, 0.2) is 5.38 Å². The van der Waals surface area contributed by atoms with Crippen LogP contribution in [0.2, 0.25) is 0 Å². The molecule has 6 heteroatoms. The summed E-state index contributed by atoms with van der Waals surface area (Å²) in [7, 11) is 0. The molecule has 1 N–H and O–H groups in total. The van der Waals surface area contributed by atoms with E-state index < -0.39 is 0 Å². The summed E-state index contributed by atoms with van der Waals surface area (Å²) in [6, 6.07) is 0. The molecule has 0 bridgehead atoms. The second kappa shape index (κ2) is 8.88. The molecule has 0 spiro atoms. The molecule has 1 heterocycles. The number of thiazole rings is 1. The minimum Gasteiger partial charge on any atom is -0.466 e. The Hall–Kier alpha value is -1.14. The summed E-state index contributed by atoms with van der Waals surface area (Å²) in [6.45, 7) is 6.52. The van der Waals surface area contributed by atoms with Gasteiger partial charge in [0.1, 0.15) is 0 Å². The molecule has 0 saturated heterocycles. The van der Waals surface area contributed by atoms with Crippen molar-refractivity contribution in [3.63, 3.8) is 0 Å². The molecule has 0 radical (unpaired) electrons. The quantitative estimate of drug-likeness (QED) is 0.551. The SMILES string of the molecule is CCOCCCNc1nc(CC(=O)OCC)cs1. The highest BCUT2D eigenvalue weighted by Crippen LogP contribution is 2.15. The number of rotatable bonds is 9. The summed E-state index contributed by atoms with van der Waals surface area (Å²) in [4.78, 5) is 15.6. The number of hydrogen-bond donors (Lipinski definition) is 1. The van der Waals surface area contributed by atoms with Crippen molar-refractivity contribution in [2.24, 2.45) is 0 Å². The van der Waals surface area contributed by atoms with Gasteiger partial charge >= 0.3 is 5.97 Å². The first kappa shape index (κ1) is 14.9. The molecule has 0 aromatic carbocycles. The Labute approximate surface area is 112 Å². The van der Waals surface area contributed by atoms with Crippen molar-refractivity contribution in [3.05, 3.63) is 11.1 Å². The van der Waals surface area contributed by atoms with E-state index in [1.807, 2.05) is 12.3 Å². The lowest BCUT2D eigenvalue weighted by Crippen LogP contribution is -2.08. The number of carbonyl (C=O) groups is 1. The first-order chi connectivity index (χ1) is 8.76. The Morgan fingerprint density at radius 2 is 2.28 bits per heavy atom. The molecular formula is C12H20N2O3S. The van der Waals surface area contributed by atoms with Crippen molar-refractivity contribution in [1.82, 2.24) is 4.98 Å². The van der Waals surface area contributed by atoms with Crippen LogP contribution in [0.3, 0.4) is 0 Å². The highest BCUT2D eigenvalue weighted by atomic mass is 32.1. The van der Waals surface area contributed by atoms with Crippen molar-refractivity contribution < 1.29 is 14.3 Å². The number of anilines is 1. The van der Waals surface area contributed by atoms with E-state index in [9.17, 15) is 4.79 Å². The van der Waals surface area contributed by atoms with E-state index in [-0.39, 0.29) is 12.4 Å². The number of ether oxygens (including phenoxy) is 2. The van der Waals surface area contributed by atoms with Gasteiger partial charge < -0.3 is 14.8 Å². The number of hydrogen-bond acceptors (Lipinski definition) is 6. The molecule has 0 saturated carbocycles. The molecule has 5 nitrogen and oxygen atoms in total. The van der Waals surface area contributed by atoms with Crippen LogP contribution in [0.5, 0.6) is 0 Å². The fourth-order valence-corrected chi connectivity index (χ4v) is 2.08. The first-order valence-electron chi connectivity index (χ1n) is 6.17. The van der Waals surface area contributed by atoms with E-state index in [1.54, 1.807) is 6.92 Å². The molecule has 1 rings (SSSR count). The smallest absolute Gasteiger partial charge is 0.311 e. The van der Waals surface area contributed by atoms with Crippen molar-refractivity contribution in [1.29, 1.82) is 0 Å². The lowest BCUT2D eigenvalue weighted by atomic mass is 10.3. The van der Waals surface area contributed by atoms with Crippen LogP contribution in [0.25, 0.3) is 0 Å². The minimum atomic E-state index is -0.231. The van der Waals surface area contributed by atoms with Gasteiger partial charge in [0, 0.05) is 25.1 Å². The molecular weight excluding hydrogens is 252 g/mol. The third-order valence-electron chi connectivity index (χ3n) is 2.13. The van der Waals surface area contributed by atoms with Gasteiger partial charge in [0.05, 0.1) is 18.7 Å². The minimum absolute atomic E-state index is 0.231. The van der Waals surface area contributed by atoms with Gasteiger partial charge in [-0.15, -0.1) is 11.3 Å². The van der Waals surface area contributed by atoms with Crippen LogP contribution in [-0.2, 0) is 20.7 Å². The molecule has 102 valence electrons. The normalized spacial score (nSPS) is 10.3. The maximum absolute atomic E-state index is 11.3. The molecule has 0 amide bonds. The molecule has 1 aromatic heterocycles. The van der Waals surface area contributed by atoms with Crippen LogP contribution in [0.4, 0.5) is 5.13 Å². The average molecular weight is 272 g/mol. The largest absolute Gasteiger partial charge is 0.466 e. The molecule has 0 unspecified atom stereocenters. The molecule has 0 aliphatic carbocycles. The predicted octanol–water partition coefficient (Wildman–Crippen LogP) is 2.09. The summed E-state index contributed by atoms with van der Waals surface area (Å²) < 4.78 is 10.1.